The van der Waals surface area contributed by atoms with Crippen LogP contribution in [0.25, 0.3) is 11.5 Å². The van der Waals surface area contributed by atoms with Crippen LogP contribution in [0.4, 0.5) is 0 Å². The van der Waals surface area contributed by atoms with Crippen molar-refractivity contribution in [1.29, 1.82) is 0 Å². The Hall–Kier alpha value is -2.57. The Kier molecular flexibility index (Phi) is 3.47. The first-order chi connectivity index (χ1) is 10.2. The molecule has 21 heavy (non-hydrogen) atoms. The molecular weight excluding hydrogens is 272 g/mol. The zero-order chi connectivity index (χ0) is 14.8. The van der Waals surface area contributed by atoms with E-state index in [2.05, 4.69) is 20.2 Å². The van der Waals surface area contributed by atoms with Gasteiger partial charge >= 0.3 is 5.97 Å². The normalized spacial score (nSPS) is 17.1. The zero-order valence-corrected chi connectivity index (χ0v) is 11.5. The van der Waals surface area contributed by atoms with Crippen molar-refractivity contribution >= 4 is 5.97 Å². The first-order valence-corrected chi connectivity index (χ1v) is 6.63. The molecule has 1 aliphatic rings. The van der Waals surface area contributed by atoms with Crippen LogP contribution in [0.5, 0.6) is 5.88 Å². The third-order valence-corrected chi connectivity index (χ3v) is 3.58. The lowest BCUT2D eigenvalue weighted by molar-refractivity contribution is -0.142. The van der Waals surface area contributed by atoms with Crippen molar-refractivity contribution in [1.82, 2.24) is 20.2 Å². The topological polar surface area (TPSA) is 98.1 Å². The van der Waals surface area contributed by atoms with Crippen LogP contribution in [0, 0.1) is 5.92 Å². The summed E-state index contributed by atoms with van der Waals surface area (Å²) in [5.74, 6) is -0.169. The van der Waals surface area contributed by atoms with Gasteiger partial charge in [-0.3, -0.25) is 4.79 Å². The molecule has 0 saturated heterocycles. The first-order valence-electron chi connectivity index (χ1n) is 6.63. The average Bonchev–Trinajstić information content (AvgIpc) is 2.54. The molecule has 0 amide bonds. The SMILES string of the molecule is COc1ccc(-c2ncc3c(n2)CCC(C(=O)O)C3)nn1. The summed E-state index contributed by atoms with van der Waals surface area (Å²) in [5.41, 5.74) is 2.37. The van der Waals surface area contributed by atoms with Gasteiger partial charge in [0.2, 0.25) is 5.88 Å². The summed E-state index contributed by atoms with van der Waals surface area (Å²) in [4.78, 5) is 19.8. The first kappa shape index (κ1) is 13.4. The predicted octanol–water partition coefficient (Wildman–Crippen LogP) is 1.13. The Morgan fingerprint density at radius 3 is 2.90 bits per heavy atom. The summed E-state index contributed by atoms with van der Waals surface area (Å²) in [6, 6.07) is 3.45. The molecular formula is C14H14N4O3. The van der Waals surface area contributed by atoms with Crippen LogP contribution in [0.3, 0.4) is 0 Å². The fraction of sp³-hybridized carbons (Fsp3) is 0.357. The lowest BCUT2D eigenvalue weighted by Crippen LogP contribution is -2.23. The Morgan fingerprint density at radius 1 is 1.38 bits per heavy atom. The van der Waals surface area contributed by atoms with Gasteiger partial charge < -0.3 is 9.84 Å². The fourth-order valence-corrected chi connectivity index (χ4v) is 2.39. The smallest absolute Gasteiger partial charge is 0.306 e. The third kappa shape index (κ3) is 2.67. The molecule has 1 aliphatic carbocycles. The van der Waals surface area contributed by atoms with Crippen LogP contribution in [-0.2, 0) is 17.6 Å². The van der Waals surface area contributed by atoms with E-state index in [4.69, 9.17) is 9.84 Å². The van der Waals surface area contributed by atoms with E-state index in [-0.39, 0.29) is 5.92 Å². The summed E-state index contributed by atoms with van der Waals surface area (Å²) in [6.07, 6.45) is 3.43. The number of ether oxygens (including phenoxy) is 1. The summed E-state index contributed by atoms with van der Waals surface area (Å²) in [5, 5.41) is 17.0. The standard InChI is InChI=1S/C14H14N4O3/c1-21-12-5-4-11(17-18-12)13-15-7-9-6-8(14(19)20)2-3-10(9)16-13/h4-5,7-8H,2-3,6H2,1H3,(H,19,20). The molecule has 0 bridgehead atoms. The van der Waals surface area contributed by atoms with Gasteiger partial charge in [-0.2, -0.15) is 0 Å². The molecule has 0 aliphatic heterocycles. The largest absolute Gasteiger partial charge is 0.481 e. The molecule has 3 rings (SSSR count). The number of nitrogens with zero attached hydrogens (tertiary/aromatic N) is 4. The number of hydrogen-bond acceptors (Lipinski definition) is 6. The van der Waals surface area contributed by atoms with Crippen LogP contribution in [0.2, 0.25) is 0 Å². The maximum Gasteiger partial charge on any atom is 0.306 e. The highest BCUT2D eigenvalue weighted by molar-refractivity contribution is 5.71. The number of aryl methyl sites for hydroxylation is 1. The summed E-state index contributed by atoms with van der Waals surface area (Å²) >= 11 is 0. The highest BCUT2D eigenvalue weighted by Crippen LogP contribution is 2.25. The van der Waals surface area contributed by atoms with Gasteiger partial charge in [-0.15, -0.1) is 10.2 Å². The van der Waals surface area contributed by atoms with Crippen LogP contribution in [0.1, 0.15) is 17.7 Å². The third-order valence-electron chi connectivity index (χ3n) is 3.58. The molecule has 1 N–H and O–H groups in total. The molecule has 1 unspecified atom stereocenters. The lowest BCUT2D eigenvalue weighted by atomic mass is 9.87. The van der Waals surface area contributed by atoms with E-state index in [0.29, 0.717) is 36.7 Å². The maximum absolute atomic E-state index is 11.0. The van der Waals surface area contributed by atoms with Gasteiger partial charge in [-0.1, -0.05) is 0 Å². The van der Waals surface area contributed by atoms with Gasteiger partial charge in [0.1, 0.15) is 5.69 Å². The van der Waals surface area contributed by atoms with Crippen molar-refractivity contribution in [3.63, 3.8) is 0 Å². The molecule has 0 saturated carbocycles. The molecule has 108 valence electrons. The number of aliphatic carboxylic acids is 1. The van der Waals surface area contributed by atoms with Gasteiger partial charge in [0.15, 0.2) is 5.82 Å². The van der Waals surface area contributed by atoms with Crippen LogP contribution in [0.15, 0.2) is 18.3 Å². The van der Waals surface area contributed by atoms with Crippen molar-refractivity contribution in [3.05, 3.63) is 29.6 Å². The number of carboxylic acid groups (broad SMARTS) is 1. The van der Waals surface area contributed by atoms with E-state index >= 15 is 0 Å². The molecule has 2 aromatic heterocycles. The highest BCUT2D eigenvalue weighted by Gasteiger charge is 2.25. The molecule has 1 atom stereocenters. The lowest BCUT2D eigenvalue weighted by Gasteiger charge is -2.20. The minimum Gasteiger partial charge on any atom is -0.481 e. The van der Waals surface area contributed by atoms with E-state index in [1.807, 2.05) is 0 Å². The molecule has 0 aromatic carbocycles. The van der Waals surface area contributed by atoms with E-state index in [1.54, 1.807) is 18.3 Å². The van der Waals surface area contributed by atoms with Crippen molar-refractivity contribution in [3.8, 4) is 17.4 Å². The second-order valence-corrected chi connectivity index (χ2v) is 4.90. The zero-order valence-electron chi connectivity index (χ0n) is 11.5. The van der Waals surface area contributed by atoms with Gasteiger partial charge in [-0.05, 0) is 30.9 Å². The summed E-state index contributed by atoms with van der Waals surface area (Å²) < 4.78 is 4.96. The number of hydrogen-bond donors (Lipinski definition) is 1. The van der Waals surface area contributed by atoms with E-state index < -0.39 is 5.97 Å². The number of carbonyl (C=O) groups is 1. The number of rotatable bonds is 3. The average molecular weight is 286 g/mol. The van der Waals surface area contributed by atoms with Gasteiger partial charge in [0.05, 0.1) is 13.0 Å². The van der Waals surface area contributed by atoms with Crippen LogP contribution < -0.4 is 4.74 Å². The predicted molar refractivity (Wildman–Crippen MR) is 72.8 cm³/mol. The van der Waals surface area contributed by atoms with Crippen molar-refractivity contribution in [2.75, 3.05) is 7.11 Å². The molecule has 0 radical (unpaired) electrons. The Bertz CT molecular complexity index is 672. The fourth-order valence-electron chi connectivity index (χ4n) is 2.39. The van der Waals surface area contributed by atoms with Crippen LogP contribution in [-0.4, -0.2) is 38.4 Å². The summed E-state index contributed by atoms with van der Waals surface area (Å²) in [6.45, 7) is 0. The molecule has 2 aromatic rings. The monoisotopic (exact) mass is 286 g/mol. The van der Waals surface area contributed by atoms with Crippen LogP contribution >= 0.6 is 0 Å². The Balaban J connectivity index is 1.88. The van der Waals surface area contributed by atoms with Gasteiger partial charge in [0, 0.05) is 18.0 Å². The molecule has 2 heterocycles. The molecule has 7 nitrogen and oxygen atoms in total. The Labute approximate surface area is 121 Å². The van der Waals surface area contributed by atoms with Crippen molar-refractivity contribution < 1.29 is 14.6 Å². The number of methoxy groups -OCH3 is 1. The van der Waals surface area contributed by atoms with E-state index in [9.17, 15) is 4.79 Å². The van der Waals surface area contributed by atoms with Crippen molar-refractivity contribution in [2.24, 2.45) is 5.92 Å². The number of aromatic nitrogens is 4. The second-order valence-electron chi connectivity index (χ2n) is 4.90. The maximum atomic E-state index is 11.0. The minimum absolute atomic E-state index is 0.340. The van der Waals surface area contributed by atoms with Gasteiger partial charge in [-0.25, -0.2) is 9.97 Å². The molecule has 0 spiro atoms. The molecule has 7 heteroatoms. The number of fused-ring (bicyclic) bond motifs is 1. The quantitative estimate of drug-likeness (QED) is 0.903. The van der Waals surface area contributed by atoms with E-state index in [1.165, 1.54) is 7.11 Å². The van der Waals surface area contributed by atoms with E-state index in [0.717, 1.165) is 11.3 Å². The minimum atomic E-state index is -0.759. The summed E-state index contributed by atoms with van der Waals surface area (Å²) in [7, 11) is 1.53. The van der Waals surface area contributed by atoms with Crippen molar-refractivity contribution in [2.45, 2.75) is 19.3 Å². The number of carboxylic acids is 1. The van der Waals surface area contributed by atoms with Gasteiger partial charge in [0.25, 0.3) is 0 Å². The molecule has 0 fully saturated rings. The second kappa shape index (κ2) is 5.43. The highest BCUT2D eigenvalue weighted by atomic mass is 16.5. The Morgan fingerprint density at radius 2 is 2.24 bits per heavy atom.